The third kappa shape index (κ3) is 2.91. The van der Waals surface area contributed by atoms with Crippen LogP contribution in [0.15, 0.2) is 35.0 Å². The normalized spacial score (nSPS) is 10.0. The van der Waals surface area contributed by atoms with Crippen LogP contribution in [-0.2, 0) is 6.54 Å². The second-order valence-electron chi connectivity index (χ2n) is 3.55. The van der Waals surface area contributed by atoms with E-state index in [2.05, 4.69) is 22.1 Å². The highest BCUT2D eigenvalue weighted by Crippen LogP contribution is 2.27. The van der Waals surface area contributed by atoms with E-state index in [4.69, 9.17) is 9.47 Å². The first-order valence-electron chi connectivity index (χ1n) is 5.30. The molecular weight excluding hydrogens is 234 g/mol. The molecule has 1 aromatic heterocycles. The quantitative estimate of drug-likeness (QED) is 0.881. The number of hydrogen-bond donors (Lipinski definition) is 1. The second kappa shape index (κ2) is 5.59. The standard InChI is InChI=1S/C13H15NO2S/c1-15-12-4-3-10(7-13(12)16-2)8-14-11-5-6-17-9-11/h3-7,9,14H,8H2,1-2H3. The topological polar surface area (TPSA) is 30.5 Å². The lowest BCUT2D eigenvalue weighted by Gasteiger charge is -2.10. The molecule has 0 spiro atoms. The zero-order chi connectivity index (χ0) is 12.1. The molecule has 0 radical (unpaired) electrons. The van der Waals surface area contributed by atoms with Crippen LogP contribution < -0.4 is 14.8 Å². The minimum absolute atomic E-state index is 0.756. The van der Waals surface area contributed by atoms with E-state index in [1.54, 1.807) is 25.6 Å². The molecule has 0 aliphatic rings. The number of ether oxygens (including phenoxy) is 2. The van der Waals surface area contributed by atoms with Crippen LogP contribution in [0.4, 0.5) is 5.69 Å². The smallest absolute Gasteiger partial charge is 0.161 e. The van der Waals surface area contributed by atoms with Crippen molar-refractivity contribution in [3.05, 3.63) is 40.6 Å². The lowest BCUT2D eigenvalue weighted by molar-refractivity contribution is 0.354. The van der Waals surface area contributed by atoms with E-state index in [-0.39, 0.29) is 0 Å². The zero-order valence-electron chi connectivity index (χ0n) is 9.90. The minimum atomic E-state index is 0.756. The summed E-state index contributed by atoms with van der Waals surface area (Å²) in [5, 5.41) is 7.48. The Morgan fingerprint density at radius 1 is 1.12 bits per heavy atom. The van der Waals surface area contributed by atoms with Gasteiger partial charge in [-0.2, -0.15) is 11.3 Å². The Balaban J connectivity index is 2.06. The first-order valence-corrected chi connectivity index (χ1v) is 6.24. The molecule has 0 saturated heterocycles. The predicted octanol–water partition coefficient (Wildman–Crippen LogP) is 3.38. The van der Waals surface area contributed by atoms with Crippen LogP contribution in [0.25, 0.3) is 0 Å². The van der Waals surface area contributed by atoms with Crippen LogP contribution in [0.1, 0.15) is 5.56 Å². The molecule has 3 nitrogen and oxygen atoms in total. The number of rotatable bonds is 5. The van der Waals surface area contributed by atoms with Crippen molar-refractivity contribution in [2.45, 2.75) is 6.54 Å². The van der Waals surface area contributed by atoms with Crippen LogP contribution in [0.5, 0.6) is 11.5 Å². The molecule has 1 N–H and O–H groups in total. The van der Waals surface area contributed by atoms with E-state index in [0.29, 0.717) is 0 Å². The summed E-state index contributed by atoms with van der Waals surface area (Å²) >= 11 is 1.68. The van der Waals surface area contributed by atoms with Crippen molar-refractivity contribution in [2.75, 3.05) is 19.5 Å². The molecule has 17 heavy (non-hydrogen) atoms. The second-order valence-corrected chi connectivity index (χ2v) is 4.33. The van der Waals surface area contributed by atoms with E-state index < -0.39 is 0 Å². The average Bonchev–Trinajstić information content (AvgIpc) is 2.89. The van der Waals surface area contributed by atoms with Gasteiger partial charge in [0, 0.05) is 17.6 Å². The van der Waals surface area contributed by atoms with Gasteiger partial charge in [-0.25, -0.2) is 0 Å². The lowest BCUT2D eigenvalue weighted by atomic mass is 10.2. The van der Waals surface area contributed by atoms with Gasteiger partial charge in [-0.05, 0) is 29.1 Å². The molecule has 0 aliphatic heterocycles. The number of benzene rings is 1. The van der Waals surface area contributed by atoms with Crippen molar-refractivity contribution in [3.8, 4) is 11.5 Å². The van der Waals surface area contributed by atoms with Crippen molar-refractivity contribution in [3.63, 3.8) is 0 Å². The molecule has 0 saturated carbocycles. The Kier molecular flexibility index (Phi) is 3.88. The molecule has 0 unspecified atom stereocenters. The Bertz CT molecular complexity index is 468. The highest BCUT2D eigenvalue weighted by Gasteiger charge is 2.04. The summed E-state index contributed by atoms with van der Waals surface area (Å²) < 4.78 is 10.5. The van der Waals surface area contributed by atoms with E-state index in [0.717, 1.165) is 29.3 Å². The number of methoxy groups -OCH3 is 2. The molecule has 2 rings (SSSR count). The van der Waals surface area contributed by atoms with Gasteiger partial charge in [-0.3, -0.25) is 0 Å². The maximum Gasteiger partial charge on any atom is 0.161 e. The van der Waals surface area contributed by atoms with E-state index in [1.807, 2.05) is 18.2 Å². The van der Waals surface area contributed by atoms with Gasteiger partial charge in [0.1, 0.15) is 0 Å². The molecule has 0 aliphatic carbocycles. The Morgan fingerprint density at radius 3 is 2.59 bits per heavy atom. The van der Waals surface area contributed by atoms with Crippen molar-refractivity contribution in [1.29, 1.82) is 0 Å². The van der Waals surface area contributed by atoms with Gasteiger partial charge in [0.15, 0.2) is 11.5 Å². The Labute approximate surface area is 105 Å². The summed E-state index contributed by atoms with van der Waals surface area (Å²) in [6.07, 6.45) is 0. The third-order valence-electron chi connectivity index (χ3n) is 2.47. The fourth-order valence-electron chi connectivity index (χ4n) is 1.56. The van der Waals surface area contributed by atoms with Crippen molar-refractivity contribution in [2.24, 2.45) is 0 Å². The van der Waals surface area contributed by atoms with E-state index in [1.165, 1.54) is 0 Å². The highest BCUT2D eigenvalue weighted by molar-refractivity contribution is 7.08. The fraction of sp³-hybridized carbons (Fsp3) is 0.231. The number of nitrogens with one attached hydrogen (secondary N) is 1. The van der Waals surface area contributed by atoms with Gasteiger partial charge < -0.3 is 14.8 Å². The number of anilines is 1. The molecule has 0 atom stereocenters. The Morgan fingerprint density at radius 2 is 1.94 bits per heavy atom. The first kappa shape index (κ1) is 11.8. The van der Waals surface area contributed by atoms with Crippen LogP contribution in [0.2, 0.25) is 0 Å². The van der Waals surface area contributed by atoms with E-state index in [9.17, 15) is 0 Å². The monoisotopic (exact) mass is 249 g/mol. The fourth-order valence-corrected chi connectivity index (χ4v) is 2.17. The SMILES string of the molecule is COc1ccc(CNc2ccsc2)cc1OC. The van der Waals surface area contributed by atoms with Crippen molar-refractivity contribution in [1.82, 2.24) is 0 Å². The molecular formula is C13H15NO2S. The lowest BCUT2D eigenvalue weighted by Crippen LogP contribution is -1.99. The van der Waals surface area contributed by atoms with Crippen LogP contribution in [-0.4, -0.2) is 14.2 Å². The van der Waals surface area contributed by atoms with E-state index >= 15 is 0 Å². The highest BCUT2D eigenvalue weighted by atomic mass is 32.1. The summed E-state index contributed by atoms with van der Waals surface area (Å²) in [6.45, 7) is 0.775. The summed E-state index contributed by atoms with van der Waals surface area (Å²) in [6, 6.07) is 7.99. The number of thiophene rings is 1. The van der Waals surface area contributed by atoms with Crippen molar-refractivity contribution >= 4 is 17.0 Å². The third-order valence-corrected chi connectivity index (χ3v) is 3.15. The van der Waals surface area contributed by atoms with Gasteiger partial charge in [0.25, 0.3) is 0 Å². The summed E-state index contributed by atoms with van der Waals surface area (Å²) in [4.78, 5) is 0. The van der Waals surface area contributed by atoms with Gasteiger partial charge in [-0.15, -0.1) is 0 Å². The van der Waals surface area contributed by atoms with Crippen LogP contribution in [0, 0.1) is 0 Å². The minimum Gasteiger partial charge on any atom is -0.493 e. The zero-order valence-corrected chi connectivity index (χ0v) is 10.7. The summed E-state index contributed by atoms with van der Waals surface area (Å²) in [7, 11) is 3.29. The molecule has 1 heterocycles. The molecule has 0 fully saturated rings. The summed E-state index contributed by atoms with van der Waals surface area (Å²) in [5.74, 6) is 1.52. The van der Waals surface area contributed by atoms with Crippen molar-refractivity contribution < 1.29 is 9.47 Å². The van der Waals surface area contributed by atoms with Gasteiger partial charge in [0.2, 0.25) is 0 Å². The van der Waals surface area contributed by atoms with Gasteiger partial charge in [-0.1, -0.05) is 6.07 Å². The molecule has 0 amide bonds. The number of hydrogen-bond acceptors (Lipinski definition) is 4. The maximum atomic E-state index is 5.26. The first-order chi connectivity index (χ1) is 8.33. The molecule has 1 aromatic carbocycles. The average molecular weight is 249 g/mol. The molecule has 2 aromatic rings. The largest absolute Gasteiger partial charge is 0.493 e. The molecule has 4 heteroatoms. The Hall–Kier alpha value is -1.68. The van der Waals surface area contributed by atoms with Crippen LogP contribution >= 0.6 is 11.3 Å². The van der Waals surface area contributed by atoms with Gasteiger partial charge >= 0.3 is 0 Å². The maximum absolute atomic E-state index is 5.26. The predicted molar refractivity (Wildman–Crippen MR) is 71.2 cm³/mol. The van der Waals surface area contributed by atoms with Gasteiger partial charge in [0.05, 0.1) is 14.2 Å². The molecule has 90 valence electrons. The molecule has 0 bridgehead atoms. The summed E-state index contributed by atoms with van der Waals surface area (Å²) in [5.41, 5.74) is 2.30. The van der Waals surface area contributed by atoms with Crippen LogP contribution in [0.3, 0.4) is 0 Å².